The lowest BCUT2D eigenvalue weighted by Crippen LogP contribution is -1.99. The maximum atomic E-state index is 13.5. The molecule has 30 heavy (non-hydrogen) atoms. The van der Waals surface area contributed by atoms with Gasteiger partial charge >= 0.3 is 0 Å². The van der Waals surface area contributed by atoms with E-state index >= 15 is 0 Å². The van der Waals surface area contributed by atoms with Gasteiger partial charge < -0.3 is 24.1 Å². The van der Waals surface area contributed by atoms with Crippen LogP contribution in [0.1, 0.15) is 0 Å². The molecule has 4 rings (SSSR count). The van der Waals surface area contributed by atoms with Gasteiger partial charge in [-0.15, -0.1) is 0 Å². The van der Waals surface area contributed by atoms with Crippen molar-refractivity contribution in [3.05, 3.63) is 54.0 Å². The molecule has 0 saturated carbocycles. The molecule has 4 aromatic rings. The third-order valence-electron chi connectivity index (χ3n) is 4.41. The summed E-state index contributed by atoms with van der Waals surface area (Å²) in [6.45, 7) is 0. The standard InChI is InChI=1S/C20H17ClFN5O3/c1-28-15-7-12(8-16(29-2)18(15)30-3)27-9-17(23-10-27)25-19-13-5-4-11(22)6-14(13)24-20(21)26-19/h4-10H,1-3H3,(H,24,25,26). The van der Waals surface area contributed by atoms with E-state index in [1.165, 1.54) is 12.1 Å². The fourth-order valence-corrected chi connectivity index (χ4v) is 3.21. The van der Waals surface area contributed by atoms with E-state index in [1.807, 2.05) is 0 Å². The second kappa shape index (κ2) is 8.03. The lowest BCUT2D eigenvalue weighted by atomic mass is 10.2. The molecule has 0 bridgehead atoms. The van der Waals surface area contributed by atoms with E-state index in [1.54, 1.807) is 56.6 Å². The van der Waals surface area contributed by atoms with E-state index < -0.39 is 5.82 Å². The van der Waals surface area contributed by atoms with Crippen molar-refractivity contribution in [3.63, 3.8) is 0 Å². The highest BCUT2D eigenvalue weighted by atomic mass is 35.5. The molecule has 0 fully saturated rings. The summed E-state index contributed by atoms with van der Waals surface area (Å²) in [5, 5.41) is 3.71. The van der Waals surface area contributed by atoms with E-state index in [0.29, 0.717) is 39.8 Å². The average Bonchev–Trinajstić information content (AvgIpc) is 3.20. The summed E-state index contributed by atoms with van der Waals surface area (Å²) in [4.78, 5) is 12.6. The Bertz CT molecular complexity index is 1200. The monoisotopic (exact) mass is 429 g/mol. The van der Waals surface area contributed by atoms with Crippen LogP contribution in [0.2, 0.25) is 5.28 Å². The van der Waals surface area contributed by atoms with Crippen LogP contribution < -0.4 is 19.5 Å². The van der Waals surface area contributed by atoms with Gasteiger partial charge in [-0.1, -0.05) is 0 Å². The Morgan fingerprint density at radius 3 is 2.40 bits per heavy atom. The summed E-state index contributed by atoms with van der Waals surface area (Å²) in [6, 6.07) is 7.81. The number of hydrogen-bond acceptors (Lipinski definition) is 7. The lowest BCUT2D eigenvalue weighted by molar-refractivity contribution is 0.324. The Balaban J connectivity index is 1.70. The van der Waals surface area contributed by atoms with E-state index in [-0.39, 0.29) is 5.28 Å². The first-order chi connectivity index (χ1) is 14.5. The topological polar surface area (TPSA) is 83.3 Å². The number of aromatic nitrogens is 4. The van der Waals surface area contributed by atoms with Gasteiger partial charge in [-0.25, -0.2) is 14.4 Å². The Kier molecular flexibility index (Phi) is 5.28. The van der Waals surface area contributed by atoms with Crippen LogP contribution in [0, 0.1) is 5.82 Å². The van der Waals surface area contributed by atoms with Crippen molar-refractivity contribution in [1.29, 1.82) is 0 Å². The zero-order chi connectivity index (χ0) is 21.3. The normalized spacial score (nSPS) is 10.8. The largest absolute Gasteiger partial charge is 0.493 e. The molecule has 154 valence electrons. The van der Waals surface area contributed by atoms with Crippen LogP contribution in [-0.4, -0.2) is 40.8 Å². The van der Waals surface area contributed by atoms with Crippen molar-refractivity contribution in [2.75, 3.05) is 26.6 Å². The highest BCUT2D eigenvalue weighted by Gasteiger charge is 2.15. The van der Waals surface area contributed by atoms with Gasteiger partial charge in [0.15, 0.2) is 11.5 Å². The maximum absolute atomic E-state index is 13.5. The zero-order valence-corrected chi connectivity index (χ0v) is 17.1. The Morgan fingerprint density at radius 2 is 1.73 bits per heavy atom. The summed E-state index contributed by atoms with van der Waals surface area (Å²) in [5.41, 5.74) is 1.14. The quantitative estimate of drug-likeness (QED) is 0.455. The molecule has 2 heterocycles. The molecular formula is C20H17ClFN5O3. The number of nitrogens with zero attached hydrogens (tertiary/aromatic N) is 4. The van der Waals surface area contributed by atoms with Gasteiger partial charge in [0.05, 0.1) is 38.7 Å². The van der Waals surface area contributed by atoms with Crippen LogP contribution in [0.15, 0.2) is 42.9 Å². The molecule has 1 N–H and O–H groups in total. The van der Waals surface area contributed by atoms with E-state index in [0.717, 1.165) is 5.69 Å². The molecule has 0 aliphatic rings. The molecule has 0 radical (unpaired) electrons. The number of halogens is 2. The SMILES string of the molecule is COc1cc(-n2cnc(Nc3nc(Cl)nc4cc(F)ccc34)c2)cc(OC)c1OC. The number of nitrogens with one attached hydrogen (secondary N) is 1. The van der Waals surface area contributed by atoms with Crippen LogP contribution in [-0.2, 0) is 0 Å². The fraction of sp³-hybridized carbons (Fsp3) is 0.150. The molecule has 0 aliphatic carbocycles. The van der Waals surface area contributed by atoms with E-state index in [9.17, 15) is 4.39 Å². The summed E-state index contributed by atoms with van der Waals surface area (Å²) in [7, 11) is 4.64. The number of imidazole rings is 1. The third-order valence-corrected chi connectivity index (χ3v) is 4.58. The van der Waals surface area contributed by atoms with Gasteiger partial charge in [0.25, 0.3) is 0 Å². The summed E-state index contributed by atoms with van der Waals surface area (Å²) < 4.78 is 31.5. The van der Waals surface area contributed by atoms with Gasteiger partial charge in [-0.3, -0.25) is 0 Å². The molecule has 2 aromatic carbocycles. The van der Waals surface area contributed by atoms with Crippen LogP contribution >= 0.6 is 11.6 Å². The van der Waals surface area contributed by atoms with Crippen molar-refractivity contribution < 1.29 is 18.6 Å². The highest BCUT2D eigenvalue weighted by Crippen LogP contribution is 2.39. The molecule has 0 atom stereocenters. The maximum Gasteiger partial charge on any atom is 0.224 e. The van der Waals surface area contributed by atoms with Crippen LogP contribution in [0.3, 0.4) is 0 Å². The number of hydrogen-bond donors (Lipinski definition) is 1. The lowest BCUT2D eigenvalue weighted by Gasteiger charge is -2.14. The average molecular weight is 430 g/mol. The Hall–Kier alpha value is -3.59. The molecule has 0 amide bonds. The second-order valence-electron chi connectivity index (χ2n) is 6.18. The first-order valence-electron chi connectivity index (χ1n) is 8.76. The third kappa shape index (κ3) is 3.67. The van der Waals surface area contributed by atoms with Crippen LogP contribution in [0.4, 0.5) is 16.0 Å². The molecule has 0 unspecified atom stereocenters. The first kappa shape index (κ1) is 19.7. The zero-order valence-electron chi connectivity index (χ0n) is 16.3. The Morgan fingerprint density at radius 1 is 1.00 bits per heavy atom. The van der Waals surface area contributed by atoms with Gasteiger partial charge in [0.2, 0.25) is 11.0 Å². The molecular weight excluding hydrogens is 413 g/mol. The minimum absolute atomic E-state index is 0.000315. The van der Waals surface area contributed by atoms with Crippen molar-refractivity contribution >= 4 is 34.1 Å². The number of anilines is 2. The van der Waals surface area contributed by atoms with Gasteiger partial charge in [-0.2, -0.15) is 4.98 Å². The fourth-order valence-electron chi connectivity index (χ4n) is 3.04. The summed E-state index contributed by atoms with van der Waals surface area (Å²) >= 11 is 5.99. The van der Waals surface area contributed by atoms with Crippen molar-refractivity contribution in [3.8, 4) is 22.9 Å². The van der Waals surface area contributed by atoms with E-state index in [2.05, 4.69) is 20.3 Å². The predicted octanol–water partition coefficient (Wildman–Crippen LogP) is 4.38. The molecule has 10 heteroatoms. The second-order valence-corrected chi connectivity index (χ2v) is 6.52. The molecule has 2 aromatic heterocycles. The van der Waals surface area contributed by atoms with E-state index in [4.69, 9.17) is 25.8 Å². The molecule has 8 nitrogen and oxygen atoms in total. The predicted molar refractivity (Wildman–Crippen MR) is 111 cm³/mol. The summed E-state index contributed by atoms with van der Waals surface area (Å²) in [6.07, 6.45) is 3.37. The first-order valence-corrected chi connectivity index (χ1v) is 9.14. The summed E-state index contributed by atoms with van der Waals surface area (Å²) in [5.74, 6) is 2.05. The number of benzene rings is 2. The molecule has 0 saturated heterocycles. The highest BCUT2D eigenvalue weighted by molar-refractivity contribution is 6.28. The number of rotatable bonds is 6. The van der Waals surface area contributed by atoms with Gasteiger partial charge in [-0.05, 0) is 23.7 Å². The minimum Gasteiger partial charge on any atom is -0.493 e. The van der Waals surface area contributed by atoms with Crippen molar-refractivity contribution in [2.24, 2.45) is 0 Å². The van der Waals surface area contributed by atoms with Gasteiger partial charge in [0, 0.05) is 23.6 Å². The number of fused-ring (bicyclic) bond motifs is 1. The Labute approximate surface area is 176 Å². The number of ether oxygens (including phenoxy) is 3. The number of methoxy groups -OCH3 is 3. The van der Waals surface area contributed by atoms with Crippen LogP contribution in [0.25, 0.3) is 16.6 Å². The van der Waals surface area contributed by atoms with Gasteiger partial charge in [0.1, 0.15) is 23.8 Å². The van der Waals surface area contributed by atoms with Crippen molar-refractivity contribution in [1.82, 2.24) is 19.5 Å². The van der Waals surface area contributed by atoms with Crippen LogP contribution in [0.5, 0.6) is 17.2 Å². The minimum atomic E-state index is -0.408. The molecule has 0 spiro atoms. The molecule has 0 aliphatic heterocycles. The van der Waals surface area contributed by atoms with Crippen molar-refractivity contribution in [2.45, 2.75) is 0 Å². The smallest absolute Gasteiger partial charge is 0.224 e.